The van der Waals surface area contributed by atoms with Gasteiger partial charge in [-0.15, -0.1) is 0 Å². The van der Waals surface area contributed by atoms with Gasteiger partial charge in [-0.2, -0.15) is 0 Å². The molecule has 198 valence electrons. The van der Waals surface area contributed by atoms with Gasteiger partial charge in [-0.05, 0) is 83.0 Å². The molecule has 4 aliphatic rings. The van der Waals surface area contributed by atoms with Gasteiger partial charge in [-0.25, -0.2) is 4.79 Å². The molecule has 0 saturated carbocycles. The molecule has 2 saturated heterocycles. The summed E-state index contributed by atoms with van der Waals surface area (Å²) in [5.74, 6) is 0.352. The minimum Gasteiger partial charge on any atom is -0.444 e. The van der Waals surface area contributed by atoms with Crippen molar-refractivity contribution in [3.8, 4) is 0 Å². The van der Waals surface area contributed by atoms with E-state index in [9.17, 15) is 4.79 Å². The number of pyridine rings is 1. The van der Waals surface area contributed by atoms with Crippen molar-refractivity contribution in [2.45, 2.75) is 70.6 Å². The molecule has 5 heterocycles. The highest BCUT2D eigenvalue weighted by Crippen LogP contribution is 2.58. The number of para-hydroxylation sites is 1. The van der Waals surface area contributed by atoms with E-state index in [4.69, 9.17) is 9.72 Å². The third-order valence-electron chi connectivity index (χ3n) is 9.38. The minimum atomic E-state index is -0.494. The lowest BCUT2D eigenvalue weighted by atomic mass is 9.59. The van der Waals surface area contributed by atoms with Crippen LogP contribution in [0, 0.1) is 11.3 Å². The molecule has 3 aromatic rings. The predicted molar refractivity (Wildman–Crippen MR) is 152 cm³/mol. The number of nitrogens with one attached hydrogen (secondary N) is 1. The predicted octanol–water partition coefficient (Wildman–Crippen LogP) is 6.54. The number of fused-ring (bicyclic) bond motifs is 5. The molecule has 0 unspecified atom stereocenters. The maximum absolute atomic E-state index is 13.3. The van der Waals surface area contributed by atoms with Crippen LogP contribution in [0.5, 0.6) is 0 Å². The summed E-state index contributed by atoms with van der Waals surface area (Å²) >= 11 is 0. The summed E-state index contributed by atoms with van der Waals surface area (Å²) in [4.78, 5) is 26.8. The molecule has 1 aromatic carbocycles. The number of amides is 1. The Kier molecular flexibility index (Phi) is 5.49. The quantitative estimate of drug-likeness (QED) is 0.378. The smallest absolute Gasteiger partial charge is 0.410 e. The molecule has 2 aromatic heterocycles. The number of ether oxygens (including phenoxy) is 1. The van der Waals surface area contributed by atoms with Crippen molar-refractivity contribution >= 4 is 33.5 Å². The van der Waals surface area contributed by atoms with E-state index in [1.807, 2.05) is 31.9 Å². The number of rotatable bonds is 1. The van der Waals surface area contributed by atoms with Crippen LogP contribution in [0.2, 0.25) is 0 Å². The lowest BCUT2D eigenvalue weighted by molar-refractivity contribution is -0.0170. The lowest BCUT2D eigenvalue weighted by Gasteiger charge is -2.53. The van der Waals surface area contributed by atoms with Crippen LogP contribution in [0.4, 0.5) is 4.79 Å². The van der Waals surface area contributed by atoms with Gasteiger partial charge in [-0.1, -0.05) is 36.4 Å². The fourth-order valence-electron chi connectivity index (χ4n) is 7.96. The van der Waals surface area contributed by atoms with E-state index in [1.165, 1.54) is 22.8 Å². The van der Waals surface area contributed by atoms with Crippen LogP contribution in [0.25, 0.3) is 27.4 Å². The van der Waals surface area contributed by atoms with E-state index in [1.54, 1.807) is 0 Å². The number of hydrogen-bond donors (Lipinski definition) is 1. The third-order valence-corrected chi connectivity index (χ3v) is 9.38. The Balaban J connectivity index is 1.32. The van der Waals surface area contributed by atoms with Gasteiger partial charge in [0.25, 0.3) is 0 Å². The highest BCUT2D eigenvalue weighted by molar-refractivity contribution is 6.09. The topological polar surface area (TPSA) is 61.5 Å². The second kappa shape index (κ2) is 8.70. The molecule has 6 nitrogen and oxygen atoms in total. The van der Waals surface area contributed by atoms with Crippen molar-refractivity contribution in [2.24, 2.45) is 11.3 Å². The fourth-order valence-corrected chi connectivity index (χ4v) is 7.96. The summed E-state index contributed by atoms with van der Waals surface area (Å²) in [7, 11) is 0. The van der Waals surface area contributed by atoms with Gasteiger partial charge in [0.15, 0.2) is 0 Å². The molecule has 2 fully saturated rings. The summed E-state index contributed by atoms with van der Waals surface area (Å²) < 4.78 is 5.87. The van der Waals surface area contributed by atoms with Crippen molar-refractivity contribution in [3.05, 3.63) is 60.5 Å². The van der Waals surface area contributed by atoms with Gasteiger partial charge in [0.2, 0.25) is 0 Å². The third kappa shape index (κ3) is 3.71. The fraction of sp³-hybridized carbons (Fsp3) is 0.500. The molecule has 4 atom stereocenters. The molecule has 38 heavy (non-hydrogen) atoms. The van der Waals surface area contributed by atoms with Gasteiger partial charge in [-0.3, -0.25) is 9.88 Å². The molecule has 0 radical (unpaired) electrons. The normalized spacial score (nSPS) is 29.5. The van der Waals surface area contributed by atoms with E-state index in [-0.39, 0.29) is 11.5 Å². The van der Waals surface area contributed by atoms with Crippen LogP contribution < -0.4 is 0 Å². The highest BCUT2D eigenvalue weighted by Gasteiger charge is 2.60. The number of carbonyl (C=O) groups excluding carboxylic acids is 1. The Hall–Kier alpha value is -3.12. The average molecular weight is 511 g/mol. The number of nitrogens with zero attached hydrogens (tertiary/aromatic N) is 3. The molecular weight excluding hydrogens is 472 g/mol. The van der Waals surface area contributed by atoms with E-state index >= 15 is 0 Å². The molecule has 1 spiro atoms. The second-order valence-electron chi connectivity index (χ2n) is 12.7. The van der Waals surface area contributed by atoms with E-state index in [2.05, 4.69) is 58.4 Å². The van der Waals surface area contributed by atoms with Crippen LogP contribution in [0.3, 0.4) is 0 Å². The molecular formula is C32H38N4O2. The number of aromatic nitrogens is 2. The zero-order valence-electron chi connectivity index (χ0n) is 22.7. The first-order chi connectivity index (χ1) is 18.3. The Morgan fingerprint density at radius 2 is 2.03 bits per heavy atom. The number of aromatic amines is 1. The number of carbonyl (C=O) groups is 1. The Morgan fingerprint density at radius 1 is 1.16 bits per heavy atom. The van der Waals surface area contributed by atoms with Crippen molar-refractivity contribution in [2.75, 3.05) is 19.6 Å². The zero-order valence-corrected chi connectivity index (χ0v) is 22.7. The number of allylic oxidation sites excluding steroid dienone is 2. The van der Waals surface area contributed by atoms with Crippen molar-refractivity contribution in [1.82, 2.24) is 19.8 Å². The van der Waals surface area contributed by atoms with Gasteiger partial charge in [0, 0.05) is 53.1 Å². The molecule has 7 rings (SSSR count). The van der Waals surface area contributed by atoms with Crippen LogP contribution in [-0.2, 0) is 4.74 Å². The van der Waals surface area contributed by atoms with E-state index in [0.29, 0.717) is 24.5 Å². The number of piperidine rings is 1. The monoisotopic (exact) mass is 510 g/mol. The van der Waals surface area contributed by atoms with Crippen molar-refractivity contribution in [3.63, 3.8) is 0 Å². The van der Waals surface area contributed by atoms with Gasteiger partial charge in [0.05, 0.1) is 11.2 Å². The summed E-state index contributed by atoms with van der Waals surface area (Å²) in [6.45, 7) is 8.46. The molecule has 1 amide bonds. The van der Waals surface area contributed by atoms with E-state index < -0.39 is 5.60 Å². The number of likely N-dealkylation sites (tertiary alicyclic amines) is 1. The van der Waals surface area contributed by atoms with Crippen LogP contribution in [-0.4, -0.2) is 63.2 Å². The molecule has 6 heteroatoms. The number of benzene rings is 1. The van der Waals surface area contributed by atoms with Crippen molar-refractivity contribution in [1.29, 1.82) is 0 Å². The van der Waals surface area contributed by atoms with Crippen LogP contribution in [0.15, 0.2) is 54.8 Å². The molecule has 1 aliphatic carbocycles. The van der Waals surface area contributed by atoms with Crippen molar-refractivity contribution < 1.29 is 9.53 Å². The van der Waals surface area contributed by atoms with Gasteiger partial charge in [0.1, 0.15) is 5.60 Å². The standard InChI is InChI=1S/C32H38N4O2/c1-31(2,3)38-30(37)35-18-15-25-24(28-29-23(14-16-33-28)22-10-6-7-11-26(22)34-29)12-13-27-32(25,20-35)19-21-9-5-4-8-17-36(21)27/h5-7,9-12,14,16,21,25,27,34H,4,8,13,15,17-20H2,1-3H3/t21-,25-,27-,32-/m0/s1. The van der Waals surface area contributed by atoms with Crippen LogP contribution >= 0.6 is 0 Å². The second-order valence-corrected chi connectivity index (χ2v) is 12.7. The summed E-state index contributed by atoms with van der Waals surface area (Å²) in [6, 6.07) is 11.5. The molecule has 1 N–H and O–H groups in total. The summed E-state index contributed by atoms with van der Waals surface area (Å²) in [5, 5.41) is 2.48. The largest absolute Gasteiger partial charge is 0.444 e. The highest BCUT2D eigenvalue weighted by atomic mass is 16.6. The SMILES string of the molecule is CC(C)(C)OC(=O)N1CC[C@H]2C(c3nccc4c3[nH]c3ccccc34)=CC[C@@H]3N4CCCC=C[C@H]4C[C@@]32C1. The van der Waals surface area contributed by atoms with Crippen LogP contribution in [0.1, 0.15) is 58.6 Å². The maximum atomic E-state index is 13.3. The zero-order chi connectivity index (χ0) is 26.1. The summed E-state index contributed by atoms with van der Waals surface area (Å²) in [6.07, 6.45) is 14.5. The Bertz CT molecular complexity index is 1460. The first-order valence-electron chi connectivity index (χ1n) is 14.3. The average Bonchev–Trinajstić information content (AvgIpc) is 3.32. The maximum Gasteiger partial charge on any atom is 0.410 e. The van der Waals surface area contributed by atoms with Gasteiger partial charge >= 0.3 is 6.09 Å². The van der Waals surface area contributed by atoms with E-state index in [0.717, 1.165) is 55.5 Å². The molecule has 3 aliphatic heterocycles. The summed E-state index contributed by atoms with van der Waals surface area (Å²) in [5.41, 5.74) is 4.23. The first-order valence-corrected chi connectivity index (χ1v) is 14.3. The Morgan fingerprint density at radius 3 is 2.89 bits per heavy atom. The van der Waals surface area contributed by atoms with Gasteiger partial charge < -0.3 is 14.6 Å². The lowest BCUT2D eigenvalue weighted by Crippen LogP contribution is -2.58. The Labute approximate surface area is 224 Å². The molecule has 0 bridgehead atoms. The number of H-pyrrole nitrogens is 1. The first kappa shape index (κ1) is 24.0. The number of hydrogen-bond acceptors (Lipinski definition) is 4. The minimum absolute atomic E-state index is 0.0125.